The molecule has 0 aliphatic heterocycles. The van der Waals surface area contributed by atoms with Crippen LogP contribution in [0.5, 0.6) is 0 Å². The Morgan fingerprint density at radius 3 is 2.15 bits per heavy atom. The monoisotopic (exact) mass is 266 g/mol. The third-order valence-corrected chi connectivity index (χ3v) is 3.52. The van der Waals surface area contributed by atoms with Gasteiger partial charge in [0.1, 0.15) is 0 Å². The highest BCUT2D eigenvalue weighted by Crippen LogP contribution is 2.26. The third-order valence-electron chi connectivity index (χ3n) is 3.52. The quantitative estimate of drug-likeness (QED) is 0.735. The molecule has 0 atom stereocenters. The van der Waals surface area contributed by atoms with E-state index in [0.717, 1.165) is 16.7 Å². The highest BCUT2D eigenvalue weighted by molar-refractivity contribution is 5.99. The van der Waals surface area contributed by atoms with Crippen molar-refractivity contribution in [1.29, 1.82) is 0 Å². The molecule has 0 fully saturated rings. The molecule has 1 nitrogen and oxygen atoms in total. The van der Waals surface area contributed by atoms with E-state index in [1.807, 2.05) is 30.3 Å². The summed E-state index contributed by atoms with van der Waals surface area (Å²) in [5.41, 5.74) is 4.25. The van der Waals surface area contributed by atoms with Crippen LogP contribution in [0, 0.1) is 6.92 Å². The van der Waals surface area contributed by atoms with Crippen molar-refractivity contribution in [3.05, 3.63) is 70.8 Å². The molecule has 0 saturated carbocycles. The van der Waals surface area contributed by atoms with Gasteiger partial charge >= 0.3 is 0 Å². The van der Waals surface area contributed by atoms with Gasteiger partial charge in [-0.1, -0.05) is 74.9 Å². The van der Waals surface area contributed by atoms with Crippen molar-refractivity contribution in [3.63, 3.8) is 0 Å². The van der Waals surface area contributed by atoms with E-state index in [2.05, 4.69) is 45.9 Å². The average Bonchev–Trinajstić information content (AvgIpc) is 2.40. The summed E-state index contributed by atoms with van der Waals surface area (Å²) in [6.45, 7) is 8.49. The minimum absolute atomic E-state index is 0.0144. The van der Waals surface area contributed by atoms with Crippen LogP contribution in [0.4, 0.5) is 0 Å². The van der Waals surface area contributed by atoms with Crippen molar-refractivity contribution < 1.29 is 4.79 Å². The van der Waals surface area contributed by atoms with E-state index in [4.69, 9.17) is 0 Å². The second-order valence-electron chi connectivity index (χ2n) is 6.38. The van der Waals surface area contributed by atoms with Crippen molar-refractivity contribution in [2.24, 2.45) is 0 Å². The number of aryl methyl sites for hydroxylation is 1. The summed E-state index contributed by atoms with van der Waals surface area (Å²) >= 11 is 0. The highest BCUT2D eigenvalue weighted by atomic mass is 16.1. The van der Waals surface area contributed by atoms with Crippen molar-refractivity contribution in [2.45, 2.75) is 39.5 Å². The van der Waals surface area contributed by atoms with Crippen LogP contribution in [0.1, 0.15) is 47.8 Å². The first-order chi connectivity index (χ1) is 9.38. The molecular weight excluding hydrogens is 244 g/mol. The standard InChI is InChI=1S/C19H22O/c1-14-9-11-15(12-10-14)13-18(20)16-7-5-6-8-17(16)19(2,3)4/h5-12H,13H2,1-4H3. The Morgan fingerprint density at radius 1 is 0.950 bits per heavy atom. The van der Waals surface area contributed by atoms with E-state index in [0.29, 0.717) is 6.42 Å². The van der Waals surface area contributed by atoms with Gasteiger partial charge < -0.3 is 0 Å². The van der Waals surface area contributed by atoms with E-state index in [1.54, 1.807) is 0 Å². The molecule has 104 valence electrons. The van der Waals surface area contributed by atoms with Crippen molar-refractivity contribution >= 4 is 5.78 Å². The molecule has 0 unspecified atom stereocenters. The fourth-order valence-corrected chi connectivity index (χ4v) is 2.37. The normalized spacial score (nSPS) is 11.4. The van der Waals surface area contributed by atoms with Crippen LogP contribution in [0.15, 0.2) is 48.5 Å². The summed E-state index contributed by atoms with van der Waals surface area (Å²) in [4.78, 5) is 12.6. The zero-order valence-corrected chi connectivity index (χ0v) is 12.7. The van der Waals surface area contributed by atoms with Gasteiger partial charge in [-0.2, -0.15) is 0 Å². The molecule has 1 heteroatoms. The van der Waals surface area contributed by atoms with E-state index in [1.165, 1.54) is 5.56 Å². The fourth-order valence-electron chi connectivity index (χ4n) is 2.37. The molecule has 0 spiro atoms. The zero-order valence-electron chi connectivity index (χ0n) is 12.7. The first-order valence-corrected chi connectivity index (χ1v) is 7.06. The van der Waals surface area contributed by atoms with Gasteiger partial charge in [0.2, 0.25) is 0 Å². The van der Waals surface area contributed by atoms with E-state index in [9.17, 15) is 4.79 Å². The fraction of sp³-hybridized carbons (Fsp3) is 0.316. The first-order valence-electron chi connectivity index (χ1n) is 7.06. The van der Waals surface area contributed by atoms with Crippen LogP contribution >= 0.6 is 0 Å². The van der Waals surface area contributed by atoms with Crippen LogP contribution in [0.2, 0.25) is 0 Å². The lowest BCUT2D eigenvalue weighted by molar-refractivity contribution is 0.0991. The van der Waals surface area contributed by atoms with Crippen LogP contribution in [0.3, 0.4) is 0 Å². The summed E-state index contributed by atoms with van der Waals surface area (Å²) in [6, 6.07) is 16.1. The number of Topliss-reactive ketones (excluding diaryl/α,β-unsaturated/α-hetero) is 1. The van der Waals surface area contributed by atoms with Gasteiger partial charge in [-0.15, -0.1) is 0 Å². The molecule has 0 amide bonds. The van der Waals surface area contributed by atoms with Gasteiger partial charge in [-0.05, 0) is 23.5 Å². The van der Waals surface area contributed by atoms with Crippen molar-refractivity contribution in [2.75, 3.05) is 0 Å². The number of benzene rings is 2. The molecule has 0 aliphatic rings. The van der Waals surface area contributed by atoms with Gasteiger partial charge in [0, 0.05) is 12.0 Å². The van der Waals surface area contributed by atoms with Crippen molar-refractivity contribution in [3.8, 4) is 0 Å². The summed E-state index contributed by atoms with van der Waals surface area (Å²) in [7, 11) is 0. The van der Waals surface area contributed by atoms with E-state index >= 15 is 0 Å². The Hall–Kier alpha value is -1.89. The van der Waals surface area contributed by atoms with Crippen molar-refractivity contribution in [1.82, 2.24) is 0 Å². The van der Waals surface area contributed by atoms with Crippen LogP contribution in [-0.2, 0) is 11.8 Å². The smallest absolute Gasteiger partial charge is 0.167 e. The SMILES string of the molecule is Cc1ccc(CC(=O)c2ccccc2C(C)(C)C)cc1. The molecule has 0 saturated heterocycles. The first kappa shape index (κ1) is 14.5. The Morgan fingerprint density at radius 2 is 1.55 bits per heavy atom. The number of carbonyl (C=O) groups is 1. The van der Waals surface area contributed by atoms with Gasteiger partial charge in [0.15, 0.2) is 5.78 Å². The summed E-state index contributed by atoms with van der Waals surface area (Å²) in [6.07, 6.45) is 0.466. The molecule has 2 aromatic carbocycles. The molecule has 0 N–H and O–H groups in total. The van der Waals surface area contributed by atoms with E-state index in [-0.39, 0.29) is 11.2 Å². The predicted molar refractivity (Wildman–Crippen MR) is 84.4 cm³/mol. The highest BCUT2D eigenvalue weighted by Gasteiger charge is 2.20. The topological polar surface area (TPSA) is 17.1 Å². The van der Waals surface area contributed by atoms with E-state index < -0.39 is 0 Å². The summed E-state index contributed by atoms with van der Waals surface area (Å²) in [5, 5.41) is 0. The van der Waals surface area contributed by atoms with Crippen LogP contribution in [-0.4, -0.2) is 5.78 Å². The number of rotatable bonds is 3. The number of carbonyl (C=O) groups excluding carboxylic acids is 1. The molecule has 0 radical (unpaired) electrons. The maximum atomic E-state index is 12.6. The molecule has 0 heterocycles. The molecule has 2 aromatic rings. The maximum absolute atomic E-state index is 12.6. The Kier molecular flexibility index (Phi) is 4.08. The summed E-state index contributed by atoms with van der Waals surface area (Å²) in [5.74, 6) is 0.194. The number of hydrogen-bond acceptors (Lipinski definition) is 1. The third kappa shape index (κ3) is 3.36. The molecule has 0 bridgehead atoms. The minimum atomic E-state index is -0.0144. The van der Waals surface area contributed by atoms with Gasteiger partial charge in [-0.25, -0.2) is 0 Å². The van der Waals surface area contributed by atoms with Gasteiger partial charge in [0.25, 0.3) is 0 Å². The maximum Gasteiger partial charge on any atom is 0.167 e. The summed E-state index contributed by atoms with van der Waals surface area (Å²) < 4.78 is 0. The number of hydrogen-bond donors (Lipinski definition) is 0. The molecule has 0 aliphatic carbocycles. The van der Waals surface area contributed by atoms with Crippen LogP contribution < -0.4 is 0 Å². The zero-order chi connectivity index (χ0) is 14.8. The van der Waals surface area contributed by atoms with Gasteiger partial charge in [-0.3, -0.25) is 4.79 Å². The molecular formula is C19H22O. The average molecular weight is 266 g/mol. The number of ketones is 1. The molecule has 0 aromatic heterocycles. The Labute approximate surface area is 121 Å². The largest absolute Gasteiger partial charge is 0.294 e. The van der Waals surface area contributed by atoms with Crippen LogP contribution in [0.25, 0.3) is 0 Å². The second kappa shape index (κ2) is 5.62. The molecule has 20 heavy (non-hydrogen) atoms. The lowest BCUT2D eigenvalue weighted by Gasteiger charge is -2.22. The lowest BCUT2D eigenvalue weighted by Crippen LogP contribution is -2.17. The predicted octanol–water partition coefficient (Wildman–Crippen LogP) is 4.72. The minimum Gasteiger partial charge on any atom is -0.294 e. The Bertz CT molecular complexity index is 600. The second-order valence-corrected chi connectivity index (χ2v) is 6.38. The van der Waals surface area contributed by atoms with Gasteiger partial charge in [0.05, 0.1) is 0 Å². The lowest BCUT2D eigenvalue weighted by atomic mass is 9.82. The Balaban J connectivity index is 2.28. The molecule has 2 rings (SSSR count).